The van der Waals surface area contributed by atoms with Crippen LogP contribution in [0.25, 0.3) is 0 Å². The molecule has 3 rings (SSSR count). The van der Waals surface area contributed by atoms with Crippen molar-refractivity contribution in [1.82, 2.24) is 15.6 Å². The molecule has 0 fully saturated rings. The Balaban J connectivity index is 1.53. The molecule has 3 aromatic rings. The molecule has 0 unspecified atom stereocenters. The van der Waals surface area contributed by atoms with E-state index in [1.165, 1.54) is 0 Å². The van der Waals surface area contributed by atoms with Gasteiger partial charge in [-0.25, -0.2) is 0 Å². The van der Waals surface area contributed by atoms with Gasteiger partial charge in [0, 0.05) is 12.7 Å². The average Bonchev–Trinajstić information content (AvgIpc) is 2.79. The number of hydrogen-bond acceptors (Lipinski definition) is 5. The zero-order valence-electron chi connectivity index (χ0n) is 16.7. The van der Waals surface area contributed by atoms with Crippen molar-refractivity contribution in [3.8, 4) is 5.75 Å². The molecular weight excluding hydrogens is 396 g/mol. The molecule has 0 saturated heterocycles. The second-order valence-electron chi connectivity index (χ2n) is 6.68. The highest BCUT2D eigenvalue weighted by molar-refractivity contribution is 6.40. The fourth-order valence-electron chi connectivity index (χ4n) is 2.80. The van der Waals surface area contributed by atoms with Crippen LogP contribution in [0.4, 0.5) is 5.69 Å². The van der Waals surface area contributed by atoms with Crippen LogP contribution < -0.4 is 16.0 Å². The maximum absolute atomic E-state index is 12.5. The summed E-state index contributed by atoms with van der Waals surface area (Å²) in [6, 6.07) is 18.4. The van der Waals surface area contributed by atoms with Crippen LogP contribution in [-0.4, -0.2) is 34.4 Å². The Labute approximate surface area is 179 Å². The maximum atomic E-state index is 12.5. The number of para-hydroxylation sites is 1. The molecule has 4 N–H and O–H groups in total. The number of hydrogen-bond donors (Lipinski definition) is 4. The Morgan fingerprint density at radius 1 is 0.839 bits per heavy atom. The molecule has 3 amide bonds. The molecule has 0 atom stereocenters. The number of pyridine rings is 1. The van der Waals surface area contributed by atoms with E-state index in [9.17, 15) is 19.5 Å². The van der Waals surface area contributed by atoms with Crippen molar-refractivity contribution in [2.45, 2.75) is 13.0 Å². The minimum atomic E-state index is -0.865. The van der Waals surface area contributed by atoms with Crippen molar-refractivity contribution in [3.05, 3.63) is 89.7 Å². The Hall–Kier alpha value is -4.20. The molecule has 31 heavy (non-hydrogen) atoms. The largest absolute Gasteiger partial charge is 0.508 e. The number of rotatable bonds is 7. The number of phenols is 1. The summed E-state index contributed by atoms with van der Waals surface area (Å²) in [6.45, 7) is 0.489. The zero-order chi connectivity index (χ0) is 22.1. The Bertz CT molecular complexity index is 1050. The van der Waals surface area contributed by atoms with Crippen molar-refractivity contribution < 1.29 is 19.5 Å². The molecule has 0 aliphatic heterocycles. The zero-order valence-corrected chi connectivity index (χ0v) is 16.7. The van der Waals surface area contributed by atoms with Gasteiger partial charge in [0.2, 0.25) is 0 Å². The van der Waals surface area contributed by atoms with Gasteiger partial charge in [-0.3, -0.25) is 19.4 Å². The maximum Gasteiger partial charge on any atom is 0.313 e. The number of nitrogens with one attached hydrogen (secondary N) is 3. The number of anilines is 1. The van der Waals surface area contributed by atoms with Gasteiger partial charge in [0.25, 0.3) is 5.91 Å². The molecule has 1 aromatic heterocycles. The number of nitrogens with zero attached hydrogens (tertiary/aromatic N) is 1. The van der Waals surface area contributed by atoms with E-state index in [1.54, 1.807) is 66.9 Å². The number of amides is 3. The van der Waals surface area contributed by atoms with Crippen LogP contribution >= 0.6 is 0 Å². The van der Waals surface area contributed by atoms with Crippen LogP contribution in [0, 0.1) is 0 Å². The topological polar surface area (TPSA) is 120 Å². The molecule has 0 spiro atoms. The number of carbonyl (C=O) groups excluding carboxylic acids is 3. The highest BCUT2D eigenvalue weighted by atomic mass is 16.3. The summed E-state index contributed by atoms with van der Waals surface area (Å²) in [4.78, 5) is 41.0. The minimum Gasteiger partial charge on any atom is -0.508 e. The van der Waals surface area contributed by atoms with Crippen LogP contribution in [0.1, 0.15) is 21.6 Å². The van der Waals surface area contributed by atoms with Crippen molar-refractivity contribution in [1.29, 1.82) is 0 Å². The summed E-state index contributed by atoms with van der Waals surface area (Å²) >= 11 is 0. The molecule has 8 nitrogen and oxygen atoms in total. The molecule has 0 aliphatic rings. The second-order valence-corrected chi connectivity index (χ2v) is 6.68. The second kappa shape index (κ2) is 10.5. The highest BCUT2D eigenvalue weighted by Gasteiger charge is 2.17. The molecule has 0 bridgehead atoms. The summed E-state index contributed by atoms with van der Waals surface area (Å²) in [7, 11) is 0. The van der Waals surface area contributed by atoms with E-state index in [1.807, 2.05) is 6.07 Å². The summed E-state index contributed by atoms with van der Waals surface area (Å²) < 4.78 is 0. The third-order valence-corrected chi connectivity index (χ3v) is 4.42. The summed E-state index contributed by atoms with van der Waals surface area (Å²) in [6.07, 6.45) is 2.14. The predicted molar refractivity (Wildman–Crippen MR) is 115 cm³/mol. The van der Waals surface area contributed by atoms with Gasteiger partial charge in [0.1, 0.15) is 5.75 Å². The summed E-state index contributed by atoms with van der Waals surface area (Å²) in [5, 5.41) is 17.0. The highest BCUT2D eigenvalue weighted by Crippen LogP contribution is 2.15. The van der Waals surface area contributed by atoms with Crippen molar-refractivity contribution in [2.24, 2.45) is 0 Å². The third kappa shape index (κ3) is 6.40. The number of aromatic nitrogens is 1. The monoisotopic (exact) mass is 418 g/mol. The van der Waals surface area contributed by atoms with Gasteiger partial charge in [0.15, 0.2) is 0 Å². The molecule has 0 saturated carbocycles. The Kier molecular flexibility index (Phi) is 7.31. The smallest absolute Gasteiger partial charge is 0.313 e. The van der Waals surface area contributed by atoms with Gasteiger partial charge >= 0.3 is 11.8 Å². The minimum absolute atomic E-state index is 0.162. The average molecular weight is 418 g/mol. The van der Waals surface area contributed by atoms with Crippen LogP contribution in [0.3, 0.4) is 0 Å². The first-order valence-electron chi connectivity index (χ1n) is 9.67. The molecule has 2 aromatic carbocycles. The molecule has 0 aliphatic carbocycles. The van der Waals surface area contributed by atoms with E-state index in [4.69, 9.17) is 0 Å². The normalized spacial score (nSPS) is 10.2. The quantitative estimate of drug-likeness (QED) is 0.438. The van der Waals surface area contributed by atoms with Crippen LogP contribution in [0.2, 0.25) is 0 Å². The molecule has 0 radical (unpaired) electrons. The van der Waals surface area contributed by atoms with Crippen molar-refractivity contribution >= 4 is 23.4 Å². The lowest BCUT2D eigenvalue weighted by molar-refractivity contribution is -0.136. The van der Waals surface area contributed by atoms with Crippen molar-refractivity contribution in [3.63, 3.8) is 0 Å². The standard InChI is InChI=1S/C23H22N4O4/c28-18-10-8-16(9-11-18)12-14-25-22(30)23(31)27-20-7-2-1-6-19(20)21(29)26-15-17-5-3-4-13-24-17/h1-11,13,28H,12,14-15H2,(H,25,30)(H,26,29)(H,27,31). The van der Waals surface area contributed by atoms with Gasteiger partial charge in [-0.2, -0.15) is 0 Å². The Morgan fingerprint density at radius 2 is 1.58 bits per heavy atom. The predicted octanol–water partition coefficient (Wildman–Crippen LogP) is 2.01. The van der Waals surface area contributed by atoms with E-state index >= 15 is 0 Å². The van der Waals surface area contributed by atoms with E-state index < -0.39 is 17.7 Å². The molecule has 158 valence electrons. The van der Waals surface area contributed by atoms with Gasteiger partial charge in [-0.15, -0.1) is 0 Å². The summed E-state index contributed by atoms with van der Waals surface area (Å²) in [5.74, 6) is -1.90. The first kappa shape index (κ1) is 21.5. The van der Waals surface area contributed by atoms with Gasteiger partial charge in [0.05, 0.1) is 23.5 Å². The number of benzene rings is 2. The summed E-state index contributed by atoms with van der Waals surface area (Å²) in [5.41, 5.74) is 2.09. The third-order valence-electron chi connectivity index (χ3n) is 4.42. The fourth-order valence-corrected chi connectivity index (χ4v) is 2.80. The lowest BCUT2D eigenvalue weighted by Crippen LogP contribution is -2.37. The van der Waals surface area contributed by atoms with Crippen molar-refractivity contribution in [2.75, 3.05) is 11.9 Å². The van der Waals surface area contributed by atoms with E-state index in [0.29, 0.717) is 12.1 Å². The number of carbonyl (C=O) groups is 3. The van der Waals surface area contributed by atoms with Gasteiger partial charge < -0.3 is 21.1 Å². The van der Waals surface area contributed by atoms with Gasteiger partial charge in [-0.1, -0.05) is 30.3 Å². The first-order chi connectivity index (χ1) is 15.0. The SMILES string of the molecule is O=C(NCCc1ccc(O)cc1)C(=O)Nc1ccccc1C(=O)NCc1ccccn1. The molecule has 8 heteroatoms. The first-order valence-corrected chi connectivity index (χ1v) is 9.67. The lowest BCUT2D eigenvalue weighted by atomic mass is 10.1. The number of aromatic hydroxyl groups is 1. The molecular formula is C23H22N4O4. The lowest BCUT2D eigenvalue weighted by Gasteiger charge is -2.11. The van der Waals surface area contributed by atoms with E-state index in [2.05, 4.69) is 20.9 Å². The van der Waals surface area contributed by atoms with E-state index in [-0.39, 0.29) is 30.1 Å². The van der Waals surface area contributed by atoms with Crippen LogP contribution in [0.15, 0.2) is 72.9 Å². The van der Waals surface area contributed by atoms with Crippen LogP contribution in [0.5, 0.6) is 5.75 Å². The fraction of sp³-hybridized carbons (Fsp3) is 0.130. The molecule has 1 heterocycles. The Morgan fingerprint density at radius 3 is 2.32 bits per heavy atom. The van der Waals surface area contributed by atoms with E-state index in [0.717, 1.165) is 5.56 Å². The number of phenolic OH excluding ortho intramolecular Hbond substituents is 1. The van der Waals surface area contributed by atoms with Gasteiger partial charge in [-0.05, 0) is 48.4 Å². The van der Waals surface area contributed by atoms with Crippen LogP contribution in [-0.2, 0) is 22.6 Å².